The number of ether oxygens (including phenoxy) is 1. The molecule has 110 valence electrons. The molecule has 0 atom stereocenters. The molecule has 3 nitrogen and oxygen atoms in total. The van der Waals surface area contributed by atoms with Crippen molar-refractivity contribution < 1.29 is 9.53 Å². The van der Waals surface area contributed by atoms with Gasteiger partial charge in [0.25, 0.3) is 5.91 Å². The highest BCUT2D eigenvalue weighted by atomic mass is 127. The minimum absolute atomic E-state index is 0.0197. The summed E-state index contributed by atoms with van der Waals surface area (Å²) in [7, 11) is 1.81. The molecule has 0 unspecified atom stereocenters. The Morgan fingerprint density at radius 3 is 2.52 bits per heavy atom. The van der Waals surface area contributed by atoms with Gasteiger partial charge in [0.2, 0.25) is 0 Å². The van der Waals surface area contributed by atoms with Crippen LogP contribution in [-0.2, 0) is 6.54 Å². The molecule has 0 N–H and O–H groups in total. The molecular formula is C17H18INO2. The predicted molar refractivity (Wildman–Crippen MR) is 92.6 cm³/mol. The summed E-state index contributed by atoms with van der Waals surface area (Å²) >= 11 is 2.19. The lowest BCUT2D eigenvalue weighted by Crippen LogP contribution is -2.27. The minimum Gasteiger partial charge on any atom is -0.494 e. The summed E-state index contributed by atoms with van der Waals surface area (Å²) in [6.07, 6.45) is 0. The Balaban J connectivity index is 2.17. The van der Waals surface area contributed by atoms with Crippen LogP contribution in [0.15, 0.2) is 48.5 Å². The fourth-order valence-electron chi connectivity index (χ4n) is 2.10. The van der Waals surface area contributed by atoms with Crippen LogP contribution in [-0.4, -0.2) is 24.5 Å². The predicted octanol–water partition coefficient (Wildman–Crippen LogP) is 3.96. The third kappa shape index (κ3) is 3.97. The molecule has 2 aromatic rings. The number of para-hydroxylation sites is 1. The zero-order valence-corrected chi connectivity index (χ0v) is 14.3. The van der Waals surface area contributed by atoms with Gasteiger partial charge in [-0.1, -0.05) is 30.3 Å². The van der Waals surface area contributed by atoms with Gasteiger partial charge < -0.3 is 9.64 Å². The van der Waals surface area contributed by atoms with Crippen molar-refractivity contribution in [3.63, 3.8) is 0 Å². The van der Waals surface area contributed by atoms with E-state index in [1.807, 2.05) is 62.5 Å². The fraction of sp³-hybridized carbons (Fsp3) is 0.235. The number of benzene rings is 2. The van der Waals surface area contributed by atoms with E-state index in [9.17, 15) is 4.79 Å². The van der Waals surface area contributed by atoms with Crippen LogP contribution in [0.5, 0.6) is 5.75 Å². The number of amides is 1. The van der Waals surface area contributed by atoms with Crippen LogP contribution in [0, 0.1) is 3.57 Å². The van der Waals surface area contributed by atoms with Crippen LogP contribution in [0.3, 0.4) is 0 Å². The Morgan fingerprint density at radius 2 is 1.81 bits per heavy atom. The molecule has 0 aliphatic heterocycles. The van der Waals surface area contributed by atoms with Crippen molar-refractivity contribution in [1.29, 1.82) is 0 Å². The first-order valence-corrected chi connectivity index (χ1v) is 7.92. The molecular weight excluding hydrogens is 377 g/mol. The van der Waals surface area contributed by atoms with Crippen LogP contribution in [0.25, 0.3) is 0 Å². The van der Waals surface area contributed by atoms with E-state index in [0.29, 0.717) is 13.2 Å². The highest BCUT2D eigenvalue weighted by Gasteiger charge is 2.16. The average molecular weight is 395 g/mol. The number of carbonyl (C=O) groups is 1. The SMILES string of the molecule is CCOc1ccccc1CN(C)C(=O)c1ccccc1I. The third-order valence-electron chi connectivity index (χ3n) is 3.13. The molecule has 0 heterocycles. The van der Waals surface area contributed by atoms with E-state index >= 15 is 0 Å². The van der Waals surface area contributed by atoms with Gasteiger partial charge in [0, 0.05) is 22.7 Å². The van der Waals surface area contributed by atoms with Gasteiger partial charge in [0.05, 0.1) is 12.2 Å². The first-order valence-electron chi connectivity index (χ1n) is 6.84. The smallest absolute Gasteiger partial charge is 0.254 e. The van der Waals surface area contributed by atoms with Gasteiger partial charge in [-0.2, -0.15) is 0 Å². The van der Waals surface area contributed by atoms with Crippen LogP contribution < -0.4 is 4.74 Å². The normalized spacial score (nSPS) is 10.2. The van der Waals surface area contributed by atoms with Crippen molar-refractivity contribution in [1.82, 2.24) is 4.90 Å². The average Bonchev–Trinajstić information content (AvgIpc) is 2.49. The topological polar surface area (TPSA) is 29.5 Å². The van der Waals surface area contributed by atoms with Crippen molar-refractivity contribution in [3.8, 4) is 5.75 Å². The maximum atomic E-state index is 12.5. The third-order valence-corrected chi connectivity index (χ3v) is 4.07. The number of nitrogens with zero attached hydrogens (tertiary/aromatic N) is 1. The van der Waals surface area contributed by atoms with Crippen LogP contribution in [0.1, 0.15) is 22.8 Å². The Kier molecular flexibility index (Phi) is 5.61. The lowest BCUT2D eigenvalue weighted by molar-refractivity contribution is 0.0783. The van der Waals surface area contributed by atoms with Crippen LogP contribution in [0.2, 0.25) is 0 Å². The second kappa shape index (κ2) is 7.45. The Labute approximate surface area is 139 Å². The number of hydrogen-bond donors (Lipinski definition) is 0. The second-order valence-corrected chi connectivity index (χ2v) is 5.84. The summed E-state index contributed by atoms with van der Waals surface area (Å²) in [5.74, 6) is 0.855. The number of rotatable bonds is 5. The van der Waals surface area contributed by atoms with E-state index in [2.05, 4.69) is 22.6 Å². The maximum absolute atomic E-state index is 12.5. The van der Waals surface area contributed by atoms with E-state index in [-0.39, 0.29) is 5.91 Å². The molecule has 21 heavy (non-hydrogen) atoms. The van der Waals surface area contributed by atoms with Crippen LogP contribution in [0.4, 0.5) is 0 Å². The minimum atomic E-state index is 0.0197. The molecule has 0 saturated carbocycles. The molecule has 0 aliphatic carbocycles. The van der Waals surface area contributed by atoms with Crippen LogP contribution >= 0.6 is 22.6 Å². The fourth-order valence-corrected chi connectivity index (χ4v) is 2.72. The molecule has 0 aliphatic rings. The number of hydrogen-bond acceptors (Lipinski definition) is 2. The monoisotopic (exact) mass is 395 g/mol. The van der Waals surface area contributed by atoms with E-state index in [1.165, 1.54) is 0 Å². The lowest BCUT2D eigenvalue weighted by atomic mass is 10.1. The second-order valence-electron chi connectivity index (χ2n) is 4.68. The Morgan fingerprint density at radius 1 is 1.14 bits per heavy atom. The molecule has 0 fully saturated rings. The standard InChI is InChI=1S/C17H18INO2/c1-3-21-16-11-7-4-8-13(16)12-19(2)17(20)14-9-5-6-10-15(14)18/h4-11H,3,12H2,1-2H3. The number of carbonyl (C=O) groups excluding carboxylic acids is 1. The highest BCUT2D eigenvalue weighted by Crippen LogP contribution is 2.21. The van der Waals surface area contributed by atoms with Gasteiger partial charge in [-0.25, -0.2) is 0 Å². The van der Waals surface area contributed by atoms with Crippen molar-refractivity contribution in [2.24, 2.45) is 0 Å². The Hall–Kier alpha value is -1.56. The summed E-state index contributed by atoms with van der Waals surface area (Å²) in [5.41, 5.74) is 1.75. The van der Waals surface area contributed by atoms with Gasteiger partial charge in [0.15, 0.2) is 0 Å². The quantitative estimate of drug-likeness (QED) is 0.718. The summed E-state index contributed by atoms with van der Waals surface area (Å²) < 4.78 is 6.57. The summed E-state index contributed by atoms with van der Waals surface area (Å²) in [6.45, 7) is 3.10. The Bertz CT molecular complexity index is 628. The first kappa shape index (κ1) is 15.8. The molecule has 0 spiro atoms. The van der Waals surface area contributed by atoms with Crippen molar-refractivity contribution >= 4 is 28.5 Å². The molecule has 2 aromatic carbocycles. The van der Waals surface area contributed by atoms with E-state index in [1.54, 1.807) is 4.90 Å². The lowest BCUT2D eigenvalue weighted by Gasteiger charge is -2.20. The molecule has 2 rings (SSSR count). The van der Waals surface area contributed by atoms with E-state index in [0.717, 1.165) is 20.4 Å². The van der Waals surface area contributed by atoms with E-state index in [4.69, 9.17) is 4.74 Å². The van der Waals surface area contributed by atoms with E-state index < -0.39 is 0 Å². The zero-order chi connectivity index (χ0) is 15.2. The summed E-state index contributed by atoms with van der Waals surface area (Å²) in [6, 6.07) is 15.4. The van der Waals surface area contributed by atoms with Crippen molar-refractivity contribution in [2.75, 3.05) is 13.7 Å². The molecule has 0 saturated heterocycles. The maximum Gasteiger partial charge on any atom is 0.254 e. The molecule has 0 radical (unpaired) electrons. The molecule has 4 heteroatoms. The highest BCUT2D eigenvalue weighted by molar-refractivity contribution is 14.1. The molecule has 1 amide bonds. The van der Waals surface area contributed by atoms with Gasteiger partial charge in [-0.15, -0.1) is 0 Å². The molecule has 0 aromatic heterocycles. The van der Waals surface area contributed by atoms with Crippen molar-refractivity contribution in [3.05, 3.63) is 63.2 Å². The first-order chi connectivity index (χ1) is 10.1. The van der Waals surface area contributed by atoms with Gasteiger partial charge in [0.1, 0.15) is 5.75 Å². The molecule has 0 bridgehead atoms. The van der Waals surface area contributed by atoms with Gasteiger partial charge >= 0.3 is 0 Å². The summed E-state index contributed by atoms with van der Waals surface area (Å²) in [4.78, 5) is 14.2. The van der Waals surface area contributed by atoms with Gasteiger partial charge in [-0.3, -0.25) is 4.79 Å². The largest absolute Gasteiger partial charge is 0.494 e. The number of halogens is 1. The summed E-state index contributed by atoms with van der Waals surface area (Å²) in [5, 5.41) is 0. The van der Waals surface area contributed by atoms with Gasteiger partial charge in [-0.05, 0) is 47.7 Å². The van der Waals surface area contributed by atoms with Crippen molar-refractivity contribution in [2.45, 2.75) is 13.5 Å². The zero-order valence-electron chi connectivity index (χ0n) is 12.2.